The number of ether oxygens (including phenoxy) is 2. The second kappa shape index (κ2) is 7.61. The summed E-state index contributed by atoms with van der Waals surface area (Å²) in [5.74, 6) is -1.13. The summed E-state index contributed by atoms with van der Waals surface area (Å²) in [6.45, 7) is -0.441. The highest BCUT2D eigenvalue weighted by atomic mass is 19.4. The molecule has 0 aliphatic carbocycles. The van der Waals surface area contributed by atoms with Crippen LogP contribution in [0.3, 0.4) is 0 Å². The predicted molar refractivity (Wildman–Crippen MR) is 97.0 cm³/mol. The Hall–Kier alpha value is -3.54. The van der Waals surface area contributed by atoms with Gasteiger partial charge in [0.05, 0.1) is 12.3 Å². The second-order valence-corrected chi connectivity index (χ2v) is 6.53. The summed E-state index contributed by atoms with van der Waals surface area (Å²) in [6, 6.07) is 9.60. The van der Waals surface area contributed by atoms with Gasteiger partial charge in [-0.3, -0.25) is 9.08 Å². The minimum Gasteiger partial charge on any atom is -0.406 e. The average Bonchev–Trinajstić information content (AvgIpc) is 3.31. The van der Waals surface area contributed by atoms with E-state index in [2.05, 4.69) is 20.0 Å². The van der Waals surface area contributed by atoms with Gasteiger partial charge in [-0.25, -0.2) is 0 Å². The molecule has 0 spiro atoms. The Kier molecular flexibility index (Phi) is 5.09. The zero-order chi connectivity index (χ0) is 22.2. The molecule has 0 bridgehead atoms. The number of fused-ring (bicyclic) bond motifs is 1. The van der Waals surface area contributed by atoms with E-state index in [4.69, 9.17) is 4.74 Å². The maximum absolute atomic E-state index is 14.7. The molecule has 4 rings (SSSR count). The standard InChI is InChI=1S/C19H14F5N5O2/c1-28-9-8-14(27-28)11-30-18(20,21)17-26-25-16-7-4-13(10-29(16)17)12-2-5-15(6-3-12)31-19(22,23)24/h2-10H,11H2,1H3. The summed E-state index contributed by atoms with van der Waals surface area (Å²) in [7, 11) is 1.65. The molecule has 162 valence electrons. The van der Waals surface area contributed by atoms with Crippen LogP contribution >= 0.6 is 0 Å². The molecule has 0 saturated heterocycles. The van der Waals surface area contributed by atoms with Gasteiger partial charge < -0.3 is 9.47 Å². The highest BCUT2D eigenvalue weighted by Gasteiger charge is 2.39. The molecule has 3 aromatic heterocycles. The summed E-state index contributed by atoms with van der Waals surface area (Å²) in [5, 5.41) is 11.2. The van der Waals surface area contributed by atoms with Gasteiger partial charge in [0.15, 0.2) is 5.65 Å². The third-order valence-electron chi connectivity index (χ3n) is 4.25. The predicted octanol–water partition coefficient (Wildman–Crippen LogP) is 4.29. The molecule has 0 fully saturated rings. The SMILES string of the molecule is Cn1ccc(COC(F)(F)c2nnc3ccc(-c4ccc(OC(F)(F)F)cc4)cn23)n1. The van der Waals surface area contributed by atoms with Gasteiger partial charge >= 0.3 is 12.5 Å². The van der Waals surface area contributed by atoms with Gasteiger partial charge in [-0.05, 0) is 41.5 Å². The quantitative estimate of drug-likeness (QED) is 0.420. The molecule has 0 radical (unpaired) electrons. The molecule has 31 heavy (non-hydrogen) atoms. The summed E-state index contributed by atoms with van der Waals surface area (Å²) >= 11 is 0. The molecule has 0 atom stereocenters. The van der Waals surface area contributed by atoms with Crippen LogP contribution < -0.4 is 4.74 Å². The molecule has 3 heterocycles. The fraction of sp³-hybridized carbons (Fsp3) is 0.211. The van der Waals surface area contributed by atoms with E-state index in [1.54, 1.807) is 25.4 Å². The fourth-order valence-corrected chi connectivity index (χ4v) is 2.88. The van der Waals surface area contributed by atoms with Crippen LogP contribution in [0.4, 0.5) is 22.0 Å². The molecule has 0 aliphatic rings. The maximum atomic E-state index is 14.7. The third-order valence-corrected chi connectivity index (χ3v) is 4.25. The number of nitrogens with zero attached hydrogens (tertiary/aromatic N) is 5. The van der Waals surface area contributed by atoms with Gasteiger partial charge in [0.25, 0.3) is 0 Å². The van der Waals surface area contributed by atoms with Crippen LogP contribution in [-0.2, 0) is 24.5 Å². The summed E-state index contributed by atoms with van der Waals surface area (Å²) in [5.41, 5.74) is 1.40. The lowest BCUT2D eigenvalue weighted by Gasteiger charge is -2.15. The van der Waals surface area contributed by atoms with E-state index >= 15 is 0 Å². The topological polar surface area (TPSA) is 66.5 Å². The first-order chi connectivity index (χ1) is 14.6. The molecule has 4 aromatic rings. The average molecular weight is 439 g/mol. The Labute approximate surface area is 171 Å². The Bertz CT molecular complexity index is 1200. The Balaban J connectivity index is 1.60. The normalized spacial score (nSPS) is 12.5. The van der Waals surface area contributed by atoms with Crippen molar-refractivity contribution in [3.8, 4) is 16.9 Å². The van der Waals surface area contributed by atoms with Crippen LogP contribution in [0.5, 0.6) is 5.75 Å². The lowest BCUT2D eigenvalue weighted by atomic mass is 10.1. The molecule has 12 heteroatoms. The number of pyridine rings is 1. The first-order valence-corrected chi connectivity index (χ1v) is 8.82. The second-order valence-electron chi connectivity index (χ2n) is 6.53. The summed E-state index contributed by atoms with van der Waals surface area (Å²) < 4.78 is 77.3. The van der Waals surface area contributed by atoms with Crippen molar-refractivity contribution in [1.29, 1.82) is 0 Å². The van der Waals surface area contributed by atoms with Gasteiger partial charge in [0.1, 0.15) is 5.75 Å². The number of benzene rings is 1. The lowest BCUT2D eigenvalue weighted by molar-refractivity contribution is -0.274. The highest BCUT2D eigenvalue weighted by Crippen LogP contribution is 2.31. The van der Waals surface area contributed by atoms with Crippen molar-refractivity contribution >= 4 is 5.65 Å². The van der Waals surface area contributed by atoms with Crippen LogP contribution in [0, 0.1) is 0 Å². The van der Waals surface area contributed by atoms with Crippen LogP contribution in [0.1, 0.15) is 11.5 Å². The van der Waals surface area contributed by atoms with Gasteiger partial charge in [-0.15, -0.1) is 23.4 Å². The number of hydrogen-bond donors (Lipinski definition) is 0. The van der Waals surface area contributed by atoms with Crippen molar-refractivity contribution < 1.29 is 31.4 Å². The van der Waals surface area contributed by atoms with Gasteiger partial charge in [0.2, 0.25) is 5.82 Å². The molecule has 0 saturated carbocycles. The minimum absolute atomic E-state index is 0.150. The van der Waals surface area contributed by atoms with E-state index in [-0.39, 0.29) is 5.65 Å². The Morgan fingerprint density at radius 3 is 2.26 bits per heavy atom. The van der Waals surface area contributed by atoms with Crippen LogP contribution in [-0.4, -0.2) is 30.7 Å². The first kappa shape index (κ1) is 20.7. The van der Waals surface area contributed by atoms with E-state index in [9.17, 15) is 22.0 Å². The fourth-order valence-electron chi connectivity index (χ4n) is 2.88. The van der Waals surface area contributed by atoms with Crippen molar-refractivity contribution in [2.45, 2.75) is 19.1 Å². The smallest absolute Gasteiger partial charge is 0.406 e. The number of halogens is 5. The van der Waals surface area contributed by atoms with Crippen molar-refractivity contribution in [2.24, 2.45) is 7.05 Å². The Morgan fingerprint density at radius 2 is 1.61 bits per heavy atom. The minimum atomic E-state index is -4.81. The van der Waals surface area contributed by atoms with Crippen molar-refractivity contribution in [3.63, 3.8) is 0 Å². The molecule has 0 amide bonds. The van der Waals surface area contributed by atoms with Crippen molar-refractivity contribution in [1.82, 2.24) is 24.4 Å². The molecule has 0 unspecified atom stereocenters. The van der Waals surface area contributed by atoms with Gasteiger partial charge in [-0.1, -0.05) is 12.1 Å². The maximum Gasteiger partial charge on any atom is 0.573 e. The van der Waals surface area contributed by atoms with Crippen molar-refractivity contribution in [3.05, 3.63) is 66.4 Å². The van der Waals surface area contributed by atoms with E-state index < -0.39 is 30.7 Å². The zero-order valence-electron chi connectivity index (χ0n) is 15.8. The number of aromatic nitrogens is 5. The highest BCUT2D eigenvalue weighted by molar-refractivity contribution is 5.65. The molecular weight excluding hydrogens is 425 g/mol. The molecule has 1 aromatic carbocycles. The monoisotopic (exact) mass is 439 g/mol. The molecule has 0 aliphatic heterocycles. The third kappa shape index (κ3) is 4.63. The number of aryl methyl sites for hydroxylation is 1. The molecular formula is C19H14F5N5O2. The Morgan fingerprint density at radius 1 is 0.903 bits per heavy atom. The number of hydrogen-bond acceptors (Lipinski definition) is 5. The van der Waals surface area contributed by atoms with Gasteiger partial charge in [0, 0.05) is 19.4 Å². The zero-order valence-corrected chi connectivity index (χ0v) is 15.8. The van der Waals surface area contributed by atoms with Gasteiger partial charge in [-0.2, -0.15) is 13.9 Å². The molecule has 7 nitrogen and oxygen atoms in total. The van der Waals surface area contributed by atoms with E-state index in [1.807, 2.05) is 0 Å². The first-order valence-electron chi connectivity index (χ1n) is 8.82. The summed E-state index contributed by atoms with van der Waals surface area (Å²) in [4.78, 5) is 0. The largest absolute Gasteiger partial charge is 0.573 e. The number of alkyl halides is 5. The van der Waals surface area contributed by atoms with E-state index in [0.29, 0.717) is 16.8 Å². The lowest BCUT2D eigenvalue weighted by Crippen LogP contribution is -2.22. The van der Waals surface area contributed by atoms with Crippen LogP contribution in [0.2, 0.25) is 0 Å². The number of rotatable bonds is 6. The van der Waals surface area contributed by atoms with E-state index in [1.165, 1.54) is 29.1 Å². The molecule has 0 N–H and O–H groups in total. The van der Waals surface area contributed by atoms with E-state index in [0.717, 1.165) is 16.5 Å². The van der Waals surface area contributed by atoms with Crippen LogP contribution in [0.15, 0.2) is 54.9 Å². The van der Waals surface area contributed by atoms with Crippen LogP contribution in [0.25, 0.3) is 16.8 Å². The summed E-state index contributed by atoms with van der Waals surface area (Å²) in [6.07, 6.45) is -5.62. The van der Waals surface area contributed by atoms with Crippen molar-refractivity contribution in [2.75, 3.05) is 0 Å².